The average molecular weight is 265 g/mol. The van der Waals surface area contributed by atoms with Gasteiger partial charge in [-0.25, -0.2) is 4.79 Å². The molecule has 2 atom stereocenters. The summed E-state index contributed by atoms with van der Waals surface area (Å²) in [5.74, 6) is 1.06. The summed E-state index contributed by atoms with van der Waals surface area (Å²) in [6.07, 6.45) is 5.12. The van der Waals surface area contributed by atoms with Crippen molar-refractivity contribution in [3.05, 3.63) is 11.3 Å². The van der Waals surface area contributed by atoms with E-state index in [1.807, 2.05) is 0 Å². The second kappa shape index (κ2) is 5.63. The van der Waals surface area contributed by atoms with Gasteiger partial charge in [0.05, 0.1) is 5.69 Å². The quantitative estimate of drug-likeness (QED) is 0.878. The molecule has 1 saturated carbocycles. The standard InChI is InChI=1S/C14H23N3O2/c1-9-6-4-5-7-11(9)8-15-13-12(14(18)19)10(2)16-17(13)3/h9,11,15H,4-8H2,1-3H3,(H,18,19). The third kappa shape index (κ3) is 2.91. The highest BCUT2D eigenvalue weighted by molar-refractivity contribution is 5.94. The van der Waals surface area contributed by atoms with Crippen molar-refractivity contribution >= 4 is 11.8 Å². The topological polar surface area (TPSA) is 67.2 Å². The zero-order chi connectivity index (χ0) is 14.0. The molecule has 0 radical (unpaired) electrons. The number of nitrogens with one attached hydrogen (secondary N) is 1. The van der Waals surface area contributed by atoms with Crippen LogP contribution < -0.4 is 5.32 Å². The lowest BCUT2D eigenvalue weighted by Gasteiger charge is -2.29. The van der Waals surface area contributed by atoms with E-state index < -0.39 is 5.97 Å². The van der Waals surface area contributed by atoms with Gasteiger partial charge in [-0.1, -0.05) is 26.2 Å². The molecule has 2 unspecified atom stereocenters. The summed E-state index contributed by atoms with van der Waals surface area (Å²) in [6, 6.07) is 0. The third-order valence-electron chi connectivity index (χ3n) is 4.26. The number of carbonyl (C=O) groups is 1. The van der Waals surface area contributed by atoms with Gasteiger partial charge in [0.25, 0.3) is 0 Å². The Morgan fingerprint density at radius 3 is 2.79 bits per heavy atom. The number of anilines is 1. The van der Waals surface area contributed by atoms with Gasteiger partial charge in [-0.15, -0.1) is 0 Å². The van der Waals surface area contributed by atoms with Crippen molar-refractivity contribution in [1.82, 2.24) is 9.78 Å². The maximum absolute atomic E-state index is 11.3. The summed E-state index contributed by atoms with van der Waals surface area (Å²) < 4.78 is 1.63. The van der Waals surface area contributed by atoms with Gasteiger partial charge < -0.3 is 10.4 Å². The molecule has 1 aliphatic rings. The Morgan fingerprint density at radius 2 is 2.16 bits per heavy atom. The van der Waals surface area contributed by atoms with Crippen LogP contribution in [0.2, 0.25) is 0 Å². The van der Waals surface area contributed by atoms with E-state index in [0.29, 0.717) is 28.9 Å². The van der Waals surface area contributed by atoms with Gasteiger partial charge in [0.1, 0.15) is 11.4 Å². The van der Waals surface area contributed by atoms with E-state index in [9.17, 15) is 9.90 Å². The molecule has 1 heterocycles. The van der Waals surface area contributed by atoms with Crippen LogP contribution in [0.25, 0.3) is 0 Å². The molecule has 19 heavy (non-hydrogen) atoms. The molecule has 0 spiro atoms. The minimum Gasteiger partial charge on any atom is -0.477 e. The Balaban J connectivity index is 2.08. The fourth-order valence-corrected chi connectivity index (χ4v) is 3.04. The second-order valence-electron chi connectivity index (χ2n) is 5.64. The number of aromatic nitrogens is 2. The molecule has 0 bridgehead atoms. The van der Waals surface area contributed by atoms with Crippen LogP contribution in [0.4, 0.5) is 5.82 Å². The molecule has 0 aliphatic heterocycles. The van der Waals surface area contributed by atoms with Crippen LogP contribution in [0.15, 0.2) is 0 Å². The average Bonchev–Trinajstić information content (AvgIpc) is 2.63. The Kier molecular flexibility index (Phi) is 4.12. The predicted molar refractivity (Wildman–Crippen MR) is 74.5 cm³/mol. The molecule has 1 aliphatic carbocycles. The highest BCUT2D eigenvalue weighted by Crippen LogP contribution is 2.30. The van der Waals surface area contributed by atoms with Crippen LogP contribution in [0, 0.1) is 18.8 Å². The van der Waals surface area contributed by atoms with E-state index in [4.69, 9.17) is 0 Å². The molecule has 106 valence electrons. The summed E-state index contributed by atoms with van der Waals surface area (Å²) in [5, 5.41) is 16.7. The van der Waals surface area contributed by atoms with Crippen molar-refractivity contribution in [3.63, 3.8) is 0 Å². The number of carboxylic acids is 1. The molecule has 1 fully saturated rings. The first-order valence-corrected chi connectivity index (χ1v) is 7.01. The number of aromatic carboxylic acids is 1. The lowest BCUT2D eigenvalue weighted by Crippen LogP contribution is -2.25. The Bertz CT molecular complexity index is 468. The maximum Gasteiger partial charge on any atom is 0.341 e. The SMILES string of the molecule is Cc1nn(C)c(NCC2CCCCC2C)c1C(=O)O. The van der Waals surface area contributed by atoms with Crippen LogP contribution >= 0.6 is 0 Å². The van der Waals surface area contributed by atoms with E-state index in [1.54, 1.807) is 18.7 Å². The normalized spacial score (nSPS) is 23.3. The molecular weight excluding hydrogens is 242 g/mol. The molecule has 0 saturated heterocycles. The maximum atomic E-state index is 11.3. The van der Waals surface area contributed by atoms with Gasteiger partial charge in [0.2, 0.25) is 0 Å². The first kappa shape index (κ1) is 13.9. The lowest BCUT2D eigenvalue weighted by atomic mass is 9.80. The van der Waals surface area contributed by atoms with Crippen molar-refractivity contribution in [2.24, 2.45) is 18.9 Å². The van der Waals surface area contributed by atoms with E-state index >= 15 is 0 Å². The van der Waals surface area contributed by atoms with Crippen molar-refractivity contribution in [1.29, 1.82) is 0 Å². The van der Waals surface area contributed by atoms with Crippen LogP contribution in [-0.2, 0) is 7.05 Å². The van der Waals surface area contributed by atoms with Crippen LogP contribution in [-0.4, -0.2) is 27.4 Å². The summed E-state index contributed by atoms with van der Waals surface area (Å²) in [5.41, 5.74) is 0.861. The summed E-state index contributed by atoms with van der Waals surface area (Å²) in [4.78, 5) is 11.3. The zero-order valence-corrected chi connectivity index (χ0v) is 11.9. The number of aryl methyl sites for hydroxylation is 2. The molecule has 5 nitrogen and oxygen atoms in total. The Labute approximate surface area is 114 Å². The number of carboxylic acid groups (broad SMARTS) is 1. The molecule has 0 amide bonds. The molecular formula is C14H23N3O2. The monoisotopic (exact) mass is 265 g/mol. The molecule has 1 aromatic heterocycles. The van der Waals surface area contributed by atoms with Gasteiger partial charge in [0, 0.05) is 13.6 Å². The molecule has 5 heteroatoms. The number of hydrogen-bond donors (Lipinski definition) is 2. The minimum absolute atomic E-state index is 0.297. The van der Waals surface area contributed by atoms with E-state index in [0.717, 1.165) is 6.54 Å². The largest absolute Gasteiger partial charge is 0.477 e. The fraction of sp³-hybridized carbons (Fsp3) is 0.714. The lowest BCUT2D eigenvalue weighted by molar-refractivity contribution is 0.0697. The Hall–Kier alpha value is -1.52. The van der Waals surface area contributed by atoms with Crippen LogP contribution in [0.3, 0.4) is 0 Å². The third-order valence-corrected chi connectivity index (χ3v) is 4.26. The fourth-order valence-electron chi connectivity index (χ4n) is 3.04. The minimum atomic E-state index is -0.912. The van der Waals surface area contributed by atoms with Gasteiger partial charge >= 0.3 is 5.97 Å². The van der Waals surface area contributed by atoms with E-state index in [2.05, 4.69) is 17.3 Å². The van der Waals surface area contributed by atoms with Gasteiger partial charge in [-0.05, 0) is 25.2 Å². The van der Waals surface area contributed by atoms with Crippen molar-refractivity contribution in [3.8, 4) is 0 Å². The van der Waals surface area contributed by atoms with Crippen LogP contribution in [0.1, 0.15) is 48.7 Å². The smallest absolute Gasteiger partial charge is 0.341 e. The summed E-state index contributed by atoms with van der Waals surface area (Å²) in [7, 11) is 1.78. The highest BCUT2D eigenvalue weighted by Gasteiger charge is 2.24. The molecule has 2 rings (SSSR count). The first-order valence-electron chi connectivity index (χ1n) is 7.01. The van der Waals surface area contributed by atoms with E-state index in [-0.39, 0.29) is 0 Å². The van der Waals surface area contributed by atoms with Gasteiger partial charge in [-0.2, -0.15) is 5.10 Å². The Morgan fingerprint density at radius 1 is 1.47 bits per heavy atom. The van der Waals surface area contributed by atoms with Gasteiger partial charge in [0.15, 0.2) is 0 Å². The van der Waals surface area contributed by atoms with E-state index in [1.165, 1.54) is 25.7 Å². The molecule has 0 aromatic carbocycles. The van der Waals surface area contributed by atoms with Crippen molar-refractivity contribution in [2.45, 2.75) is 39.5 Å². The first-order chi connectivity index (χ1) is 9.00. The van der Waals surface area contributed by atoms with Crippen molar-refractivity contribution in [2.75, 3.05) is 11.9 Å². The summed E-state index contributed by atoms with van der Waals surface area (Å²) >= 11 is 0. The molecule has 2 N–H and O–H groups in total. The number of hydrogen-bond acceptors (Lipinski definition) is 3. The number of nitrogens with zero attached hydrogens (tertiary/aromatic N) is 2. The second-order valence-corrected chi connectivity index (χ2v) is 5.64. The summed E-state index contributed by atoms with van der Waals surface area (Å²) in [6.45, 7) is 4.86. The number of rotatable bonds is 4. The predicted octanol–water partition coefficient (Wildman–Crippen LogP) is 2.66. The highest BCUT2D eigenvalue weighted by atomic mass is 16.4. The zero-order valence-electron chi connectivity index (χ0n) is 11.9. The molecule has 1 aromatic rings. The van der Waals surface area contributed by atoms with Gasteiger partial charge in [-0.3, -0.25) is 4.68 Å². The van der Waals surface area contributed by atoms with Crippen molar-refractivity contribution < 1.29 is 9.90 Å². The van der Waals surface area contributed by atoms with Crippen LogP contribution in [0.5, 0.6) is 0 Å².